The minimum atomic E-state index is -0.585. The Morgan fingerprint density at radius 3 is 2.68 bits per heavy atom. The molecule has 1 unspecified atom stereocenters. The van der Waals surface area contributed by atoms with E-state index < -0.39 is 11.0 Å². The van der Waals surface area contributed by atoms with Gasteiger partial charge < -0.3 is 10.0 Å². The maximum atomic E-state index is 10.5. The van der Waals surface area contributed by atoms with Gasteiger partial charge in [-0.05, 0) is 12.5 Å². The van der Waals surface area contributed by atoms with Crippen LogP contribution in [0.5, 0.6) is 0 Å². The lowest BCUT2D eigenvalue weighted by molar-refractivity contribution is -0.385. The van der Waals surface area contributed by atoms with Crippen LogP contribution in [0.3, 0.4) is 0 Å². The summed E-state index contributed by atoms with van der Waals surface area (Å²) in [5.74, 6) is 0.540. The van der Waals surface area contributed by atoms with Crippen LogP contribution in [0.15, 0.2) is 12.4 Å². The average molecular weight is 270 g/mol. The number of hydrogen-bond donors (Lipinski definition) is 1. The molecule has 7 heteroatoms. The summed E-state index contributed by atoms with van der Waals surface area (Å²) in [6, 6.07) is 0. The van der Waals surface area contributed by atoms with E-state index in [1.165, 1.54) is 17.1 Å². The van der Waals surface area contributed by atoms with E-state index in [-0.39, 0.29) is 12.2 Å². The van der Waals surface area contributed by atoms with Crippen LogP contribution in [0.2, 0.25) is 0 Å². The molecule has 0 radical (unpaired) electrons. The first-order valence-corrected chi connectivity index (χ1v) is 6.49. The number of aliphatic hydroxyl groups is 1. The third-order valence-corrected chi connectivity index (χ3v) is 2.77. The summed E-state index contributed by atoms with van der Waals surface area (Å²) in [4.78, 5) is 12.2. The van der Waals surface area contributed by atoms with Crippen molar-refractivity contribution in [3.8, 4) is 0 Å². The minimum Gasteiger partial charge on any atom is -0.390 e. The molecule has 108 valence electrons. The number of aliphatic hydroxyl groups excluding tert-OH is 1. The summed E-state index contributed by atoms with van der Waals surface area (Å²) in [6.45, 7) is 8.91. The van der Waals surface area contributed by atoms with Gasteiger partial charge in [0.05, 0.1) is 17.6 Å². The Labute approximate surface area is 113 Å². The lowest BCUT2D eigenvalue weighted by atomic mass is 10.2. The zero-order valence-corrected chi connectivity index (χ0v) is 11.7. The highest BCUT2D eigenvalue weighted by Gasteiger charge is 2.15. The third-order valence-electron chi connectivity index (χ3n) is 2.77. The molecule has 7 nitrogen and oxygen atoms in total. The fourth-order valence-corrected chi connectivity index (χ4v) is 1.97. The third kappa shape index (κ3) is 5.35. The van der Waals surface area contributed by atoms with Gasteiger partial charge in [-0.3, -0.25) is 14.8 Å². The summed E-state index contributed by atoms with van der Waals surface area (Å²) >= 11 is 0. The number of hydrogen-bond acceptors (Lipinski definition) is 5. The van der Waals surface area contributed by atoms with Gasteiger partial charge in [0.1, 0.15) is 12.4 Å². The van der Waals surface area contributed by atoms with Crippen LogP contribution in [0.4, 0.5) is 5.69 Å². The Bertz CT molecular complexity index is 405. The second kappa shape index (κ2) is 7.20. The quantitative estimate of drug-likeness (QED) is 0.565. The van der Waals surface area contributed by atoms with E-state index >= 15 is 0 Å². The second-order valence-electron chi connectivity index (χ2n) is 5.08. The van der Waals surface area contributed by atoms with Gasteiger partial charge in [-0.2, -0.15) is 5.10 Å². The van der Waals surface area contributed by atoms with Crippen molar-refractivity contribution in [2.45, 2.75) is 33.4 Å². The Morgan fingerprint density at radius 2 is 2.21 bits per heavy atom. The van der Waals surface area contributed by atoms with Gasteiger partial charge in [-0.25, -0.2) is 0 Å². The molecule has 0 aliphatic rings. The molecule has 1 aromatic heterocycles. The molecule has 0 saturated carbocycles. The lowest BCUT2D eigenvalue weighted by Gasteiger charge is -2.25. The molecule has 19 heavy (non-hydrogen) atoms. The molecular formula is C12H22N4O3. The zero-order valence-electron chi connectivity index (χ0n) is 11.7. The molecule has 0 saturated heterocycles. The van der Waals surface area contributed by atoms with Crippen molar-refractivity contribution >= 4 is 5.69 Å². The van der Waals surface area contributed by atoms with Crippen LogP contribution in [0.25, 0.3) is 0 Å². The van der Waals surface area contributed by atoms with Gasteiger partial charge in [0.15, 0.2) is 0 Å². The monoisotopic (exact) mass is 270 g/mol. The Morgan fingerprint density at radius 1 is 1.53 bits per heavy atom. The summed E-state index contributed by atoms with van der Waals surface area (Å²) in [7, 11) is 0. The molecule has 0 fully saturated rings. The van der Waals surface area contributed by atoms with Crippen molar-refractivity contribution in [2.24, 2.45) is 5.92 Å². The summed E-state index contributed by atoms with van der Waals surface area (Å²) in [5, 5.41) is 24.4. The highest BCUT2D eigenvalue weighted by atomic mass is 16.6. The average Bonchev–Trinajstić information content (AvgIpc) is 2.75. The van der Waals surface area contributed by atoms with Gasteiger partial charge in [0, 0.05) is 13.1 Å². The first-order valence-electron chi connectivity index (χ1n) is 6.49. The number of rotatable bonds is 8. The van der Waals surface area contributed by atoms with Gasteiger partial charge in [0.25, 0.3) is 0 Å². The van der Waals surface area contributed by atoms with Gasteiger partial charge in [-0.15, -0.1) is 0 Å². The molecule has 0 bridgehead atoms. The largest absolute Gasteiger partial charge is 0.390 e. The van der Waals surface area contributed by atoms with Crippen LogP contribution >= 0.6 is 0 Å². The SMILES string of the molecule is CCN(CC(C)C)CC(O)Cn1cc([N+](=O)[O-])cn1. The van der Waals surface area contributed by atoms with Crippen LogP contribution in [-0.4, -0.2) is 50.4 Å². The van der Waals surface area contributed by atoms with Crippen molar-refractivity contribution in [1.29, 1.82) is 0 Å². The molecule has 1 heterocycles. The fourth-order valence-electron chi connectivity index (χ4n) is 1.97. The molecule has 0 amide bonds. The van der Waals surface area contributed by atoms with Gasteiger partial charge in [-0.1, -0.05) is 20.8 Å². The molecule has 0 aliphatic heterocycles. The van der Waals surface area contributed by atoms with Crippen molar-refractivity contribution in [1.82, 2.24) is 14.7 Å². The zero-order chi connectivity index (χ0) is 14.4. The van der Waals surface area contributed by atoms with Gasteiger partial charge in [0.2, 0.25) is 0 Å². The fraction of sp³-hybridized carbons (Fsp3) is 0.750. The first kappa shape index (κ1) is 15.6. The number of nitrogens with zero attached hydrogens (tertiary/aromatic N) is 4. The molecular weight excluding hydrogens is 248 g/mol. The highest BCUT2D eigenvalue weighted by molar-refractivity contribution is 5.20. The van der Waals surface area contributed by atoms with E-state index in [1.807, 2.05) is 6.92 Å². The molecule has 1 aromatic rings. The standard InChI is InChI=1S/C12H22N4O3/c1-4-14(6-10(2)3)8-12(17)9-15-7-11(5-13-15)16(18)19/h5,7,10,12,17H,4,6,8-9H2,1-3H3. The molecule has 1 N–H and O–H groups in total. The topological polar surface area (TPSA) is 84.4 Å². The number of nitro groups is 1. The van der Waals surface area contributed by atoms with E-state index in [4.69, 9.17) is 0 Å². The van der Waals surface area contributed by atoms with E-state index in [0.29, 0.717) is 12.5 Å². The second-order valence-corrected chi connectivity index (χ2v) is 5.08. The molecule has 1 rings (SSSR count). The highest BCUT2D eigenvalue weighted by Crippen LogP contribution is 2.08. The van der Waals surface area contributed by atoms with Crippen molar-refractivity contribution in [3.63, 3.8) is 0 Å². The van der Waals surface area contributed by atoms with Crippen LogP contribution in [-0.2, 0) is 6.54 Å². The summed E-state index contributed by atoms with van der Waals surface area (Å²) < 4.78 is 1.41. The predicted octanol–water partition coefficient (Wildman–Crippen LogP) is 1.13. The maximum absolute atomic E-state index is 10.5. The molecule has 0 aliphatic carbocycles. The van der Waals surface area contributed by atoms with Crippen LogP contribution in [0, 0.1) is 16.0 Å². The Hall–Kier alpha value is -1.47. The van der Waals surface area contributed by atoms with E-state index in [9.17, 15) is 15.2 Å². The molecule has 0 aromatic carbocycles. The minimum absolute atomic E-state index is 0.0540. The maximum Gasteiger partial charge on any atom is 0.306 e. The number of likely N-dealkylation sites (N-methyl/N-ethyl adjacent to an activating group) is 1. The van der Waals surface area contributed by atoms with E-state index in [1.54, 1.807) is 0 Å². The summed E-state index contributed by atoms with van der Waals surface area (Å²) in [5.41, 5.74) is -0.0540. The lowest BCUT2D eigenvalue weighted by Crippen LogP contribution is -2.36. The predicted molar refractivity (Wildman–Crippen MR) is 71.8 cm³/mol. The van der Waals surface area contributed by atoms with Crippen molar-refractivity contribution < 1.29 is 10.0 Å². The first-order chi connectivity index (χ1) is 8.92. The van der Waals surface area contributed by atoms with Gasteiger partial charge >= 0.3 is 5.69 Å². The normalized spacial score (nSPS) is 13.2. The molecule has 1 atom stereocenters. The van der Waals surface area contributed by atoms with Crippen LogP contribution < -0.4 is 0 Å². The summed E-state index contributed by atoms with van der Waals surface area (Å²) in [6.07, 6.45) is 1.94. The van der Waals surface area contributed by atoms with Crippen molar-refractivity contribution in [3.05, 3.63) is 22.5 Å². The number of aromatic nitrogens is 2. The van der Waals surface area contributed by atoms with E-state index in [2.05, 4.69) is 23.8 Å². The smallest absolute Gasteiger partial charge is 0.306 e. The Kier molecular flexibility index (Phi) is 5.91. The Balaban J connectivity index is 2.48. The molecule has 0 spiro atoms. The van der Waals surface area contributed by atoms with Crippen molar-refractivity contribution in [2.75, 3.05) is 19.6 Å². The van der Waals surface area contributed by atoms with E-state index in [0.717, 1.165) is 13.1 Å². The van der Waals surface area contributed by atoms with Crippen LogP contribution in [0.1, 0.15) is 20.8 Å².